The van der Waals surface area contributed by atoms with E-state index in [0.29, 0.717) is 13.0 Å². The molecular formula is C26H32ClN3O2. The lowest BCUT2D eigenvalue weighted by Crippen LogP contribution is -2.26. The van der Waals surface area contributed by atoms with Gasteiger partial charge in [-0.15, -0.1) is 0 Å². The van der Waals surface area contributed by atoms with E-state index in [9.17, 15) is 4.79 Å². The van der Waals surface area contributed by atoms with Crippen molar-refractivity contribution in [1.29, 1.82) is 0 Å². The summed E-state index contributed by atoms with van der Waals surface area (Å²) in [6.07, 6.45) is 11.0. The second-order valence-electron chi connectivity index (χ2n) is 8.07. The van der Waals surface area contributed by atoms with E-state index in [1.807, 2.05) is 54.2 Å². The molecule has 0 fully saturated rings. The number of anilines is 1. The molecule has 1 aromatic heterocycles. The van der Waals surface area contributed by atoms with Crippen LogP contribution in [-0.4, -0.2) is 28.6 Å². The van der Waals surface area contributed by atoms with Crippen molar-refractivity contribution in [2.24, 2.45) is 0 Å². The zero-order valence-electron chi connectivity index (χ0n) is 18.9. The van der Waals surface area contributed by atoms with Crippen LogP contribution in [0.25, 0.3) is 0 Å². The number of benzene rings is 2. The smallest absolute Gasteiger partial charge is 0.226 e. The summed E-state index contributed by atoms with van der Waals surface area (Å²) in [5.74, 6) is 0.940. The maximum atomic E-state index is 12.4. The van der Waals surface area contributed by atoms with Crippen LogP contribution in [-0.2, 0) is 17.8 Å². The van der Waals surface area contributed by atoms with Crippen LogP contribution in [0.5, 0.6) is 5.75 Å². The molecule has 0 aliphatic heterocycles. The number of ether oxygens (including phenoxy) is 1. The van der Waals surface area contributed by atoms with Crippen LogP contribution in [0.2, 0.25) is 5.02 Å². The lowest BCUT2D eigenvalue weighted by atomic mass is 10.1. The van der Waals surface area contributed by atoms with Crippen LogP contribution in [0.3, 0.4) is 0 Å². The largest absolute Gasteiger partial charge is 0.489 e. The highest BCUT2D eigenvalue weighted by atomic mass is 35.5. The van der Waals surface area contributed by atoms with Crippen molar-refractivity contribution in [2.75, 3.05) is 11.9 Å². The Morgan fingerprint density at radius 2 is 1.88 bits per heavy atom. The molecule has 0 N–H and O–H groups in total. The van der Waals surface area contributed by atoms with Gasteiger partial charge in [0.05, 0.1) is 12.9 Å². The van der Waals surface area contributed by atoms with E-state index in [-0.39, 0.29) is 12.0 Å². The number of amides is 1. The maximum absolute atomic E-state index is 12.4. The molecule has 0 saturated heterocycles. The van der Waals surface area contributed by atoms with Crippen molar-refractivity contribution >= 4 is 23.2 Å². The van der Waals surface area contributed by atoms with Gasteiger partial charge in [0, 0.05) is 36.6 Å². The van der Waals surface area contributed by atoms with Gasteiger partial charge in [-0.1, -0.05) is 43.5 Å². The molecule has 5 nitrogen and oxygen atoms in total. The summed E-state index contributed by atoms with van der Waals surface area (Å²) in [5, 5.41) is 0.744. The van der Waals surface area contributed by atoms with Crippen LogP contribution >= 0.6 is 11.6 Å². The Labute approximate surface area is 196 Å². The van der Waals surface area contributed by atoms with E-state index in [1.54, 1.807) is 17.4 Å². The summed E-state index contributed by atoms with van der Waals surface area (Å²) in [6.45, 7) is 2.85. The topological polar surface area (TPSA) is 47.4 Å². The van der Waals surface area contributed by atoms with Crippen LogP contribution in [0.4, 0.5) is 5.69 Å². The third kappa shape index (κ3) is 7.41. The molecule has 0 spiro atoms. The highest BCUT2D eigenvalue weighted by Crippen LogP contribution is 2.22. The summed E-state index contributed by atoms with van der Waals surface area (Å²) < 4.78 is 8.36. The fourth-order valence-corrected chi connectivity index (χ4v) is 3.70. The van der Waals surface area contributed by atoms with Gasteiger partial charge in [-0.2, -0.15) is 0 Å². The highest BCUT2D eigenvalue weighted by molar-refractivity contribution is 6.30. The highest BCUT2D eigenvalue weighted by Gasteiger charge is 2.14. The average Bonchev–Trinajstić information content (AvgIpc) is 3.32. The van der Waals surface area contributed by atoms with Crippen molar-refractivity contribution in [3.63, 3.8) is 0 Å². The fourth-order valence-electron chi connectivity index (χ4n) is 3.57. The molecule has 0 bridgehead atoms. The Bertz CT molecular complexity index is 940. The number of unbranched alkanes of at least 4 members (excludes halogenated alkanes) is 2. The van der Waals surface area contributed by atoms with Gasteiger partial charge in [-0.25, -0.2) is 4.98 Å². The van der Waals surface area contributed by atoms with Crippen LogP contribution in [0.15, 0.2) is 67.3 Å². The molecule has 0 radical (unpaired) electrons. The first-order valence-corrected chi connectivity index (χ1v) is 11.7. The Balaban J connectivity index is 1.61. The number of carbonyl (C=O) groups excluding carboxylic acids is 1. The van der Waals surface area contributed by atoms with Gasteiger partial charge in [0.2, 0.25) is 5.91 Å². The minimum Gasteiger partial charge on any atom is -0.489 e. The van der Waals surface area contributed by atoms with E-state index < -0.39 is 0 Å². The number of aromatic nitrogens is 2. The molecule has 6 heteroatoms. The molecule has 0 saturated carbocycles. The Hall–Kier alpha value is -2.79. The third-order valence-electron chi connectivity index (χ3n) is 5.54. The van der Waals surface area contributed by atoms with Crippen molar-refractivity contribution < 1.29 is 9.53 Å². The fraction of sp³-hybridized carbons (Fsp3) is 0.385. The molecule has 170 valence electrons. The first-order chi connectivity index (χ1) is 15.5. The molecule has 0 aliphatic rings. The van der Waals surface area contributed by atoms with Gasteiger partial charge in [-0.05, 0) is 61.2 Å². The molecule has 3 rings (SSSR count). The van der Waals surface area contributed by atoms with Crippen molar-refractivity contribution in [1.82, 2.24) is 9.55 Å². The number of carbonyl (C=O) groups is 1. The molecule has 1 amide bonds. The van der Waals surface area contributed by atoms with E-state index in [2.05, 4.69) is 24.0 Å². The molecule has 1 unspecified atom stereocenters. The average molecular weight is 454 g/mol. The predicted octanol–water partition coefficient (Wildman–Crippen LogP) is 6.16. The predicted molar refractivity (Wildman–Crippen MR) is 130 cm³/mol. The third-order valence-corrected chi connectivity index (χ3v) is 5.79. The normalized spacial score (nSPS) is 11.8. The number of aryl methyl sites for hydroxylation is 1. The molecule has 3 aromatic rings. The Morgan fingerprint density at radius 3 is 2.53 bits per heavy atom. The maximum Gasteiger partial charge on any atom is 0.226 e. The van der Waals surface area contributed by atoms with Gasteiger partial charge >= 0.3 is 0 Å². The van der Waals surface area contributed by atoms with E-state index in [1.165, 1.54) is 5.56 Å². The van der Waals surface area contributed by atoms with Crippen LogP contribution in [0, 0.1) is 0 Å². The lowest BCUT2D eigenvalue weighted by molar-refractivity contribution is -0.118. The molecule has 1 heterocycles. The summed E-state index contributed by atoms with van der Waals surface area (Å²) in [5.41, 5.74) is 2.11. The second-order valence-corrected chi connectivity index (χ2v) is 8.50. The molecular weight excluding hydrogens is 422 g/mol. The van der Waals surface area contributed by atoms with Gasteiger partial charge in [0.25, 0.3) is 0 Å². The zero-order valence-corrected chi connectivity index (χ0v) is 19.7. The minimum atomic E-state index is -0.0147. The summed E-state index contributed by atoms with van der Waals surface area (Å²) in [4.78, 5) is 18.2. The summed E-state index contributed by atoms with van der Waals surface area (Å²) in [6, 6.07) is 15.7. The molecule has 1 atom stereocenters. The standard InChI is InChI=1S/C26H32ClN3O2/c1-3-4-5-6-26(31)29(2)23-12-15-24(16-13-23)32-25(19-30-18-17-28-20-30)14-9-21-7-10-22(27)11-8-21/h7-8,10-13,15-18,20,25H,3-6,9,14,19H2,1-2H3. The number of hydrogen-bond donors (Lipinski definition) is 0. The van der Waals surface area contributed by atoms with Gasteiger partial charge < -0.3 is 14.2 Å². The van der Waals surface area contributed by atoms with Crippen molar-refractivity contribution in [3.8, 4) is 5.75 Å². The Morgan fingerprint density at radius 1 is 1.12 bits per heavy atom. The van der Waals surface area contributed by atoms with E-state index in [0.717, 1.165) is 48.6 Å². The van der Waals surface area contributed by atoms with Gasteiger partial charge in [0.1, 0.15) is 11.9 Å². The number of hydrogen-bond acceptors (Lipinski definition) is 3. The van der Waals surface area contributed by atoms with Gasteiger partial charge in [0.15, 0.2) is 0 Å². The first kappa shape index (κ1) is 23.9. The summed E-state index contributed by atoms with van der Waals surface area (Å²) in [7, 11) is 1.83. The number of imidazole rings is 1. The number of rotatable bonds is 12. The minimum absolute atomic E-state index is 0.0147. The van der Waals surface area contributed by atoms with Crippen LogP contribution in [0.1, 0.15) is 44.6 Å². The molecule has 32 heavy (non-hydrogen) atoms. The Kier molecular flexibility index (Phi) is 9.17. The number of nitrogens with zero attached hydrogens (tertiary/aromatic N) is 3. The monoisotopic (exact) mass is 453 g/mol. The second kappa shape index (κ2) is 12.3. The SMILES string of the molecule is CCCCCC(=O)N(C)c1ccc(OC(CCc2ccc(Cl)cc2)Cn2ccnc2)cc1. The zero-order chi connectivity index (χ0) is 22.8. The van der Waals surface area contributed by atoms with E-state index >= 15 is 0 Å². The lowest BCUT2D eigenvalue weighted by Gasteiger charge is -2.21. The molecule has 2 aromatic carbocycles. The summed E-state index contributed by atoms with van der Waals surface area (Å²) >= 11 is 6.00. The number of halogens is 1. The van der Waals surface area contributed by atoms with Crippen LogP contribution < -0.4 is 9.64 Å². The quantitative estimate of drug-likeness (QED) is 0.308. The van der Waals surface area contributed by atoms with Gasteiger partial charge in [-0.3, -0.25) is 4.79 Å². The van der Waals surface area contributed by atoms with Crippen molar-refractivity contribution in [2.45, 2.75) is 58.1 Å². The first-order valence-electron chi connectivity index (χ1n) is 11.3. The van der Waals surface area contributed by atoms with Crippen molar-refractivity contribution in [3.05, 3.63) is 77.8 Å². The molecule has 0 aliphatic carbocycles. The van der Waals surface area contributed by atoms with E-state index in [4.69, 9.17) is 16.3 Å².